The highest BCUT2D eigenvalue weighted by atomic mass is 16.5. The van der Waals surface area contributed by atoms with E-state index in [1.54, 1.807) is 0 Å². The number of esters is 1. The minimum atomic E-state index is -0.309. The van der Waals surface area contributed by atoms with E-state index in [2.05, 4.69) is 21.6 Å². The van der Waals surface area contributed by atoms with Gasteiger partial charge in [0.1, 0.15) is 18.0 Å². The number of aromatic amines is 1. The van der Waals surface area contributed by atoms with E-state index in [4.69, 9.17) is 4.74 Å². The molecule has 5 heteroatoms. The molecule has 0 amide bonds. The van der Waals surface area contributed by atoms with Crippen molar-refractivity contribution in [3.8, 4) is 5.75 Å². The smallest absolute Gasteiger partial charge is 0.313 e. The zero-order valence-electron chi connectivity index (χ0n) is 10.5. The predicted octanol–water partition coefficient (Wildman–Crippen LogP) is 2.07. The van der Waals surface area contributed by atoms with E-state index in [1.807, 2.05) is 18.2 Å². The molecule has 1 aromatic carbocycles. The Morgan fingerprint density at radius 2 is 2.28 bits per heavy atom. The maximum Gasteiger partial charge on any atom is 0.313 e. The number of imidazole rings is 1. The molecule has 0 fully saturated rings. The molecule has 2 rings (SSSR count). The second-order valence-corrected chi connectivity index (χ2v) is 3.96. The summed E-state index contributed by atoms with van der Waals surface area (Å²) >= 11 is 0. The van der Waals surface area contributed by atoms with Crippen molar-refractivity contribution in [2.45, 2.75) is 19.8 Å². The lowest BCUT2D eigenvalue weighted by molar-refractivity contribution is -0.139. The summed E-state index contributed by atoms with van der Waals surface area (Å²) in [6.45, 7) is 2.75. The van der Waals surface area contributed by atoms with Gasteiger partial charge in [0.2, 0.25) is 0 Å². The summed E-state index contributed by atoms with van der Waals surface area (Å²) in [5.41, 5.74) is 1.68. The van der Waals surface area contributed by atoms with Gasteiger partial charge in [-0.2, -0.15) is 0 Å². The van der Waals surface area contributed by atoms with Crippen LogP contribution in [0.15, 0.2) is 18.2 Å². The second-order valence-electron chi connectivity index (χ2n) is 3.96. The van der Waals surface area contributed by atoms with E-state index >= 15 is 0 Å². The molecule has 1 aromatic heterocycles. The Morgan fingerprint density at radius 3 is 3.00 bits per heavy atom. The highest BCUT2D eigenvalue weighted by Gasteiger charge is 2.08. The largest absolute Gasteiger partial charge is 0.494 e. The van der Waals surface area contributed by atoms with E-state index in [-0.39, 0.29) is 12.4 Å². The molecule has 5 nitrogen and oxygen atoms in total. The number of nitrogens with zero attached hydrogens (tertiary/aromatic N) is 1. The lowest BCUT2D eigenvalue weighted by atomic mass is 10.3. The zero-order chi connectivity index (χ0) is 13.0. The van der Waals surface area contributed by atoms with Gasteiger partial charge in [-0.1, -0.05) is 6.92 Å². The molecule has 0 bridgehead atoms. The van der Waals surface area contributed by atoms with Gasteiger partial charge in [-0.15, -0.1) is 0 Å². The number of hydrogen-bond donors (Lipinski definition) is 1. The summed E-state index contributed by atoms with van der Waals surface area (Å²) in [4.78, 5) is 18.6. The molecule has 2 aromatic rings. The van der Waals surface area contributed by atoms with E-state index in [0.717, 1.165) is 23.2 Å². The van der Waals surface area contributed by atoms with Crippen molar-refractivity contribution in [1.29, 1.82) is 0 Å². The number of nitrogens with one attached hydrogen (secondary N) is 1. The van der Waals surface area contributed by atoms with Crippen LogP contribution in [0.5, 0.6) is 5.75 Å². The molecule has 0 saturated carbocycles. The van der Waals surface area contributed by atoms with Gasteiger partial charge in [0.05, 0.1) is 24.8 Å². The highest BCUT2D eigenvalue weighted by Crippen LogP contribution is 2.19. The van der Waals surface area contributed by atoms with Crippen LogP contribution in [0.4, 0.5) is 0 Å². The molecule has 1 heterocycles. The Labute approximate surface area is 105 Å². The third-order valence-electron chi connectivity index (χ3n) is 2.51. The summed E-state index contributed by atoms with van der Waals surface area (Å²) in [6, 6.07) is 5.64. The number of methoxy groups -OCH3 is 1. The molecule has 0 saturated heterocycles. The van der Waals surface area contributed by atoms with Crippen LogP contribution in [-0.4, -0.2) is 29.7 Å². The number of carbonyl (C=O) groups is 1. The van der Waals surface area contributed by atoms with Gasteiger partial charge in [-0.3, -0.25) is 4.79 Å². The first-order chi connectivity index (χ1) is 8.72. The fourth-order valence-corrected chi connectivity index (χ4v) is 1.64. The van der Waals surface area contributed by atoms with Gasteiger partial charge in [0.25, 0.3) is 0 Å². The van der Waals surface area contributed by atoms with E-state index < -0.39 is 0 Å². The molecule has 0 atom stereocenters. The molecule has 0 spiro atoms. The third-order valence-corrected chi connectivity index (χ3v) is 2.51. The Bertz CT molecular complexity index is 548. The summed E-state index contributed by atoms with van der Waals surface area (Å²) < 4.78 is 10.1. The van der Waals surface area contributed by atoms with E-state index in [0.29, 0.717) is 12.4 Å². The van der Waals surface area contributed by atoms with Crippen molar-refractivity contribution in [3.05, 3.63) is 24.0 Å². The van der Waals surface area contributed by atoms with Gasteiger partial charge in [-0.25, -0.2) is 4.98 Å². The third kappa shape index (κ3) is 2.80. The number of benzene rings is 1. The number of fused-ring (bicyclic) bond motifs is 1. The molecule has 0 radical (unpaired) electrons. The summed E-state index contributed by atoms with van der Waals surface area (Å²) in [5, 5.41) is 0. The van der Waals surface area contributed by atoms with Gasteiger partial charge >= 0.3 is 5.97 Å². The van der Waals surface area contributed by atoms with Crippen LogP contribution in [0, 0.1) is 0 Å². The quantitative estimate of drug-likeness (QED) is 0.823. The summed E-state index contributed by atoms with van der Waals surface area (Å²) in [6.07, 6.45) is 1.12. The molecular weight excluding hydrogens is 232 g/mol. The fourth-order valence-electron chi connectivity index (χ4n) is 1.64. The number of aromatic nitrogens is 2. The summed E-state index contributed by atoms with van der Waals surface area (Å²) in [7, 11) is 1.36. The van der Waals surface area contributed by atoms with Gasteiger partial charge in [0, 0.05) is 6.07 Å². The monoisotopic (exact) mass is 248 g/mol. The molecule has 18 heavy (non-hydrogen) atoms. The summed E-state index contributed by atoms with van der Waals surface area (Å²) in [5.74, 6) is 1.10. The first-order valence-electron chi connectivity index (χ1n) is 5.91. The van der Waals surface area contributed by atoms with Crippen LogP contribution >= 0.6 is 0 Å². The molecular formula is C13H16N2O3. The molecule has 96 valence electrons. The Balaban J connectivity index is 2.19. The van der Waals surface area contributed by atoms with Crippen molar-refractivity contribution in [1.82, 2.24) is 9.97 Å². The maximum atomic E-state index is 11.2. The van der Waals surface area contributed by atoms with Crippen molar-refractivity contribution in [2.75, 3.05) is 13.7 Å². The Hall–Kier alpha value is -2.04. The number of rotatable bonds is 5. The van der Waals surface area contributed by atoms with Crippen LogP contribution < -0.4 is 4.74 Å². The molecule has 0 aliphatic rings. The van der Waals surface area contributed by atoms with Gasteiger partial charge in [0.15, 0.2) is 0 Å². The topological polar surface area (TPSA) is 64.2 Å². The van der Waals surface area contributed by atoms with Crippen LogP contribution in [0.1, 0.15) is 19.2 Å². The lowest BCUT2D eigenvalue weighted by Crippen LogP contribution is -2.05. The van der Waals surface area contributed by atoms with Crippen molar-refractivity contribution < 1.29 is 14.3 Å². The number of hydrogen-bond acceptors (Lipinski definition) is 4. The van der Waals surface area contributed by atoms with Crippen LogP contribution in [-0.2, 0) is 16.0 Å². The Kier molecular flexibility index (Phi) is 3.82. The molecule has 0 unspecified atom stereocenters. The first-order valence-corrected chi connectivity index (χ1v) is 5.91. The highest BCUT2D eigenvalue weighted by molar-refractivity contribution is 5.78. The second kappa shape index (κ2) is 5.53. The van der Waals surface area contributed by atoms with E-state index in [9.17, 15) is 4.79 Å². The maximum absolute atomic E-state index is 11.2. The fraction of sp³-hybridized carbons (Fsp3) is 0.385. The average molecular weight is 248 g/mol. The number of carbonyl (C=O) groups excluding carboxylic acids is 1. The number of ether oxygens (including phenoxy) is 2. The van der Waals surface area contributed by atoms with Crippen molar-refractivity contribution in [3.63, 3.8) is 0 Å². The zero-order valence-corrected chi connectivity index (χ0v) is 10.5. The van der Waals surface area contributed by atoms with Gasteiger partial charge in [-0.05, 0) is 18.6 Å². The minimum absolute atomic E-state index is 0.149. The molecule has 1 N–H and O–H groups in total. The van der Waals surface area contributed by atoms with Crippen LogP contribution in [0.3, 0.4) is 0 Å². The normalized spacial score (nSPS) is 10.6. The first kappa shape index (κ1) is 12.4. The SMILES string of the molecule is CCCOc1ccc2nc(CC(=O)OC)[nH]c2c1. The predicted molar refractivity (Wildman–Crippen MR) is 67.6 cm³/mol. The van der Waals surface area contributed by atoms with Crippen LogP contribution in [0.2, 0.25) is 0 Å². The van der Waals surface area contributed by atoms with E-state index in [1.165, 1.54) is 7.11 Å². The molecule has 0 aliphatic heterocycles. The number of H-pyrrole nitrogens is 1. The van der Waals surface area contributed by atoms with Crippen molar-refractivity contribution in [2.24, 2.45) is 0 Å². The average Bonchev–Trinajstić information content (AvgIpc) is 2.77. The lowest BCUT2D eigenvalue weighted by Gasteiger charge is -2.03. The van der Waals surface area contributed by atoms with Gasteiger partial charge < -0.3 is 14.5 Å². The molecule has 0 aliphatic carbocycles. The van der Waals surface area contributed by atoms with Crippen molar-refractivity contribution >= 4 is 17.0 Å². The minimum Gasteiger partial charge on any atom is -0.494 e. The Morgan fingerprint density at radius 1 is 1.44 bits per heavy atom. The van der Waals surface area contributed by atoms with Crippen LogP contribution in [0.25, 0.3) is 11.0 Å². The standard InChI is InChI=1S/C13H16N2O3/c1-3-6-18-9-4-5-10-11(7-9)15-12(14-10)8-13(16)17-2/h4-5,7H,3,6,8H2,1-2H3,(H,14,15).